The monoisotopic (exact) mass is 434 g/mol. The summed E-state index contributed by atoms with van der Waals surface area (Å²) in [6, 6.07) is 11.6. The van der Waals surface area contributed by atoms with E-state index in [-0.39, 0.29) is 18.0 Å². The van der Waals surface area contributed by atoms with Gasteiger partial charge in [0, 0.05) is 42.0 Å². The first-order valence-electron chi connectivity index (χ1n) is 9.78. The summed E-state index contributed by atoms with van der Waals surface area (Å²) in [5.41, 5.74) is 7.46. The molecular formula is C20H26N4O3S2. The molecule has 2 aromatic rings. The van der Waals surface area contributed by atoms with Crippen molar-refractivity contribution in [2.45, 2.75) is 37.2 Å². The van der Waals surface area contributed by atoms with Crippen molar-refractivity contribution in [3.8, 4) is 0 Å². The highest BCUT2D eigenvalue weighted by molar-refractivity contribution is 7.89. The Bertz CT molecular complexity index is 982. The average Bonchev–Trinajstić information content (AvgIpc) is 3.35. The third-order valence-corrected chi connectivity index (χ3v) is 8.69. The zero-order valence-electron chi connectivity index (χ0n) is 16.6. The van der Waals surface area contributed by atoms with Crippen LogP contribution in [0.3, 0.4) is 0 Å². The van der Waals surface area contributed by atoms with Crippen LogP contribution in [0.25, 0.3) is 0 Å². The van der Waals surface area contributed by atoms with E-state index in [4.69, 9.17) is 0 Å². The van der Waals surface area contributed by atoms with E-state index >= 15 is 0 Å². The van der Waals surface area contributed by atoms with Crippen LogP contribution in [-0.4, -0.2) is 55.8 Å². The second-order valence-corrected chi connectivity index (χ2v) is 10.9. The van der Waals surface area contributed by atoms with Crippen molar-refractivity contribution in [3.63, 3.8) is 0 Å². The van der Waals surface area contributed by atoms with Gasteiger partial charge in [0.25, 0.3) is 0 Å². The van der Waals surface area contributed by atoms with Crippen LogP contribution in [0.2, 0.25) is 0 Å². The molecule has 2 saturated heterocycles. The van der Waals surface area contributed by atoms with Crippen LogP contribution in [0, 0.1) is 13.8 Å². The van der Waals surface area contributed by atoms with Gasteiger partial charge in [0.2, 0.25) is 15.9 Å². The number of hydrogen-bond acceptors (Lipinski definition) is 6. The number of benzene rings is 1. The molecule has 156 valence electrons. The third-order valence-electron chi connectivity index (χ3n) is 5.57. The van der Waals surface area contributed by atoms with Gasteiger partial charge in [-0.15, -0.1) is 11.3 Å². The number of aryl methyl sites for hydroxylation is 2. The van der Waals surface area contributed by atoms with Gasteiger partial charge in [-0.3, -0.25) is 4.79 Å². The second-order valence-electron chi connectivity index (χ2n) is 7.55. The van der Waals surface area contributed by atoms with Gasteiger partial charge in [0.05, 0.1) is 4.90 Å². The first kappa shape index (κ1) is 20.5. The van der Waals surface area contributed by atoms with Crippen LogP contribution in [0.15, 0.2) is 41.3 Å². The average molecular weight is 435 g/mol. The summed E-state index contributed by atoms with van der Waals surface area (Å²) in [7, 11) is -3.51. The Morgan fingerprint density at radius 2 is 1.76 bits per heavy atom. The maximum Gasteiger partial charge on any atom is 0.244 e. The fourth-order valence-corrected chi connectivity index (χ4v) is 6.94. The Morgan fingerprint density at radius 1 is 1.07 bits per heavy atom. The summed E-state index contributed by atoms with van der Waals surface area (Å²) in [5.74, 6) is 0.0236. The van der Waals surface area contributed by atoms with Gasteiger partial charge in [-0.2, -0.15) is 4.31 Å². The molecule has 9 heteroatoms. The molecule has 0 bridgehead atoms. The lowest BCUT2D eigenvalue weighted by Crippen LogP contribution is -2.54. The SMILES string of the molecule is Cc1cc(S(=O)(=O)N2CCN(C(=O)C3CC(c4ccccc4)NN3)CC2)c(C)s1. The number of nitrogens with one attached hydrogen (secondary N) is 2. The molecule has 2 N–H and O–H groups in total. The number of hydrazine groups is 1. The van der Waals surface area contributed by atoms with Gasteiger partial charge in [0.15, 0.2) is 0 Å². The van der Waals surface area contributed by atoms with Crippen molar-refractivity contribution < 1.29 is 13.2 Å². The van der Waals surface area contributed by atoms with Crippen LogP contribution in [0.1, 0.15) is 27.8 Å². The number of carbonyl (C=O) groups excluding carboxylic acids is 1. The minimum absolute atomic E-state index is 0.0236. The quantitative estimate of drug-likeness (QED) is 0.767. The Kier molecular flexibility index (Phi) is 5.76. The van der Waals surface area contributed by atoms with Gasteiger partial charge in [-0.1, -0.05) is 30.3 Å². The van der Waals surface area contributed by atoms with Crippen LogP contribution in [0.4, 0.5) is 0 Å². The molecular weight excluding hydrogens is 408 g/mol. The highest BCUT2D eigenvalue weighted by atomic mass is 32.2. The normalized spacial score (nSPS) is 23.4. The first-order chi connectivity index (χ1) is 13.9. The molecule has 2 unspecified atom stereocenters. The number of nitrogens with zero attached hydrogens (tertiary/aromatic N) is 2. The second kappa shape index (κ2) is 8.16. The predicted octanol–water partition coefficient (Wildman–Crippen LogP) is 1.81. The summed E-state index contributed by atoms with van der Waals surface area (Å²) >= 11 is 1.50. The molecule has 0 radical (unpaired) electrons. The van der Waals surface area contributed by atoms with Crippen molar-refractivity contribution >= 4 is 27.3 Å². The summed E-state index contributed by atoms with van der Waals surface area (Å²) in [5, 5.41) is 0. The van der Waals surface area contributed by atoms with Crippen LogP contribution in [0.5, 0.6) is 0 Å². The molecule has 0 aliphatic carbocycles. The van der Waals surface area contributed by atoms with Crippen LogP contribution >= 0.6 is 11.3 Å². The van der Waals surface area contributed by atoms with Gasteiger partial charge >= 0.3 is 0 Å². The summed E-state index contributed by atoms with van der Waals surface area (Å²) in [4.78, 5) is 16.9. The van der Waals surface area contributed by atoms with Gasteiger partial charge in [-0.25, -0.2) is 19.3 Å². The third kappa shape index (κ3) is 4.10. The van der Waals surface area contributed by atoms with Crippen LogP contribution < -0.4 is 10.9 Å². The number of rotatable bonds is 4. The fourth-order valence-electron chi connectivity index (χ4n) is 3.99. The molecule has 4 rings (SSSR count). The summed E-state index contributed by atoms with van der Waals surface area (Å²) in [6.45, 7) is 5.23. The molecule has 2 aliphatic rings. The number of carbonyl (C=O) groups is 1. The lowest BCUT2D eigenvalue weighted by atomic mass is 10.0. The number of amides is 1. The highest BCUT2D eigenvalue weighted by Gasteiger charge is 2.36. The maximum absolute atomic E-state index is 13.0. The zero-order valence-corrected chi connectivity index (χ0v) is 18.2. The molecule has 0 saturated carbocycles. The maximum atomic E-state index is 13.0. The van der Waals surface area contributed by atoms with Crippen molar-refractivity contribution in [1.29, 1.82) is 0 Å². The Balaban J connectivity index is 1.36. The minimum atomic E-state index is -3.51. The zero-order chi connectivity index (χ0) is 20.6. The van der Waals surface area contributed by atoms with E-state index in [0.29, 0.717) is 37.5 Å². The molecule has 7 nitrogen and oxygen atoms in total. The smallest absolute Gasteiger partial charge is 0.244 e. The van der Waals surface area contributed by atoms with E-state index in [1.54, 1.807) is 11.0 Å². The van der Waals surface area contributed by atoms with Crippen molar-refractivity contribution in [2.24, 2.45) is 0 Å². The molecule has 3 heterocycles. The van der Waals surface area contributed by atoms with Gasteiger partial charge in [-0.05, 0) is 31.9 Å². The number of piperazine rings is 1. The van der Waals surface area contributed by atoms with Gasteiger partial charge in [0.1, 0.15) is 6.04 Å². The topological polar surface area (TPSA) is 81.8 Å². The van der Waals surface area contributed by atoms with Crippen molar-refractivity contribution in [2.75, 3.05) is 26.2 Å². The molecule has 29 heavy (non-hydrogen) atoms. The van der Waals surface area contributed by atoms with E-state index in [9.17, 15) is 13.2 Å². The van der Waals surface area contributed by atoms with E-state index in [1.807, 2.05) is 44.2 Å². The van der Waals surface area contributed by atoms with Crippen molar-refractivity contribution in [3.05, 3.63) is 51.7 Å². The molecule has 1 amide bonds. The Hall–Kier alpha value is -1.78. The lowest BCUT2D eigenvalue weighted by Gasteiger charge is -2.35. The Labute approximate surface area is 175 Å². The predicted molar refractivity (Wildman–Crippen MR) is 113 cm³/mol. The van der Waals surface area contributed by atoms with E-state index in [0.717, 1.165) is 15.3 Å². The summed E-state index contributed by atoms with van der Waals surface area (Å²) < 4.78 is 27.4. The van der Waals surface area contributed by atoms with Gasteiger partial charge < -0.3 is 4.90 Å². The highest BCUT2D eigenvalue weighted by Crippen LogP contribution is 2.28. The van der Waals surface area contributed by atoms with Crippen molar-refractivity contribution in [1.82, 2.24) is 20.1 Å². The molecule has 2 atom stereocenters. The van der Waals surface area contributed by atoms with E-state index in [2.05, 4.69) is 10.9 Å². The fraction of sp³-hybridized carbons (Fsp3) is 0.450. The summed E-state index contributed by atoms with van der Waals surface area (Å²) in [6.07, 6.45) is 0.675. The Morgan fingerprint density at radius 3 is 2.38 bits per heavy atom. The largest absolute Gasteiger partial charge is 0.339 e. The first-order valence-corrected chi connectivity index (χ1v) is 12.0. The molecule has 2 aliphatic heterocycles. The molecule has 2 fully saturated rings. The molecule has 1 aromatic heterocycles. The molecule has 1 aromatic carbocycles. The lowest BCUT2D eigenvalue weighted by molar-refractivity contribution is -0.134. The minimum Gasteiger partial charge on any atom is -0.339 e. The number of sulfonamides is 1. The van der Waals surface area contributed by atoms with Crippen LogP contribution in [-0.2, 0) is 14.8 Å². The standard InChI is InChI=1S/C20H26N4O3S2/c1-14-12-19(15(2)28-14)29(26,27)24-10-8-23(9-11-24)20(25)18-13-17(21-22-18)16-6-4-3-5-7-16/h3-7,12,17-18,21-22H,8-11,13H2,1-2H3. The van der Waals surface area contributed by atoms with E-state index in [1.165, 1.54) is 15.6 Å². The number of hydrogen-bond donors (Lipinski definition) is 2. The molecule has 0 spiro atoms. The van der Waals surface area contributed by atoms with E-state index < -0.39 is 10.0 Å². The number of thiophene rings is 1.